The molecule has 1 heterocycles. The van der Waals surface area contributed by atoms with E-state index < -0.39 is 11.8 Å². The van der Waals surface area contributed by atoms with Gasteiger partial charge in [0, 0.05) is 23.8 Å². The average molecular weight is 411 g/mol. The van der Waals surface area contributed by atoms with Crippen LogP contribution in [0.25, 0.3) is 5.70 Å². The molecule has 0 fully saturated rings. The van der Waals surface area contributed by atoms with Gasteiger partial charge in [0.2, 0.25) is 0 Å². The van der Waals surface area contributed by atoms with Gasteiger partial charge in [-0.3, -0.25) is 10.2 Å². The van der Waals surface area contributed by atoms with Gasteiger partial charge in [0.1, 0.15) is 11.3 Å². The molecule has 156 valence electrons. The van der Waals surface area contributed by atoms with Crippen molar-refractivity contribution in [3.8, 4) is 17.2 Å². The molecule has 2 rings (SSSR count). The Kier molecular flexibility index (Phi) is 7.90. The third kappa shape index (κ3) is 5.12. The Hall–Kier alpha value is -3.90. The zero-order chi connectivity index (χ0) is 22.1. The van der Waals surface area contributed by atoms with Crippen LogP contribution in [0.15, 0.2) is 54.4 Å². The quantitative estimate of drug-likeness (QED) is 0.170. The Labute approximate surface area is 174 Å². The van der Waals surface area contributed by atoms with Crippen LogP contribution in [0.1, 0.15) is 17.3 Å². The number of benzene rings is 1. The number of carbonyl (C=O) groups excluding carboxylic acids is 2. The van der Waals surface area contributed by atoms with Crippen molar-refractivity contribution in [2.24, 2.45) is 0 Å². The van der Waals surface area contributed by atoms with Gasteiger partial charge in [-0.15, -0.1) is 0 Å². The normalized spacial score (nSPS) is 10.6. The van der Waals surface area contributed by atoms with Crippen LogP contribution in [0.2, 0.25) is 0 Å². The maximum Gasteiger partial charge on any atom is 0.347 e. The molecule has 0 radical (unpaired) electrons. The number of hydrogen-bond donors (Lipinski definition) is 1. The Morgan fingerprint density at radius 3 is 2.23 bits per heavy atom. The molecule has 0 unspecified atom stereocenters. The summed E-state index contributed by atoms with van der Waals surface area (Å²) >= 11 is 0. The number of methoxy groups -OCH3 is 3. The monoisotopic (exact) mass is 411 g/mol. The van der Waals surface area contributed by atoms with Crippen molar-refractivity contribution >= 4 is 23.3 Å². The predicted octanol–water partition coefficient (Wildman–Crippen LogP) is 2.46. The number of nitrogens with one attached hydrogen (secondary N) is 1. The molecule has 1 aromatic carbocycles. The molecule has 8 nitrogen and oxygen atoms in total. The number of aromatic nitrogens is 1. The summed E-state index contributed by atoms with van der Waals surface area (Å²) in [5.74, 6) is 2.33. The molecule has 0 saturated heterocycles. The Balaban J connectivity index is 2.60. The Morgan fingerprint density at radius 2 is 1.70 bits per heavy atom. The van der Waals surface area contributed by atoms with E-state index in [0.717, 1.165) is 0 Å². The van der Waals surface area contributed by atoms with Crippen LogP contribution in [-0.4, -0.2) is 45.6 Å². The molecule has 0 atom stereocenters. The van der Waals surface area contributed by atoms with Crippen LogP contribution >= 0.6 is 0 Å². The van der Waals surface area contributed by atoms with Crippen molar-refractivity contribution in [2.75, 3.05) is 27.9 Å². The summed E-state index contributed by atoms with van der Waals surface area (Å²) in [5.41, 5.74) is 0.215. The van der Waals surface area contributed by atoms with E-state index >= 15 is 0 Å². The summed E-state index contributed by atoms with van der Waals surface area (Å²) in [7, 11) is 4.50. The van der Waals surface area contributed by atoms with Gasteiger partial charge in [-0.2, -0.15) is 4.57 Å². The number of hydrogen-bond acceptors (Lipinski definition) is 7. The van der Waals surface area contributed by atoms with E-state index in [-0.39, 0.29) is 17.9 Å². The second-order valence-corrected chi connectivity index (χ2v) is 5.83. The van der Waals surface area contributed by atoms with Crippen molar-refractivity contribution in [1.82, 2.24) is 0 Å². The summed E-state index contributed by atoms with van der Waals surface area (Å²) in [5, 5.41) is 7.44. The van der Waals surface area contributed by atoms with Crippen molar-refractivity contribution in [2.45, 2.75) is 6.92 Å². The standard InChI is InChI=1S/C22H23N2O6/c1-5-30-22(26)16(14-23)12-18(24-10-8-17(27-2)9-11-24)21(25)15-6-7-19(28-3)20(13-15)29-4/h6-13,23H,5H2,1-4H3/q+1. The Bertz CT molecular complexity index is 1000. The predicted molar refractivity (Wildman–Crippen MR) is 109 cm³/mol. The topological polar surface area (TPSA) is 98.8 Å². The van der Waals surface area contributed by atoms with Gasteiger partial charge in [-0.1, -0.05) is 0 Å². The van der Waals surface area contributed by atoms with E-state index in [1.165, 1.54) is 38.0 Å². The SMILES string of the molecule is CCOC(=O)C(=C=N)C=C(C(=O)c1ccc(OC)c(OC)c1)[n+]1ccc(OC)cc1. The smallest absolute Gasteiger partial charge is 0.347 e. The van der Waals surface area contributed by atoms with E-state index in [9.17, 15) is 9.59 Å². The molecule has 0 saturated carbocycles. The van der Waals surface area contributed by atoms with Crippen molar-refractivity contribution < 1.29 is 33.1 Å². The maximum atomic E-state index is 13.3. The summed E-state index contributed by atoms with van der Waals surface area (Å²) in [6.07, 6.45) is 4.47. The number of allylic oxidation sites excluding steroid dienone is 1. The second-order valence-electron chi connectivity index (χ2n) is 5.83. The molecule has 0 aliphatic carbocycles. The molecular weight excluding hydrogens is 388 g/mol. The number of ketones is 1. The lowest BCUT2D eigenvalue weighted by atomic mass is 10.0. The molecule has 0 aliphatic rings. The highest BCUT2D eigenvalue weighted by Crippen LogP contribution is 2.28. The van der Waals surface area contributed by atoms with E-state index in [0.29, 0.717) is 22.8 Å². The third-order valence-electron chi connectivity index (χ3n) is 4.10. The van der Waals surface area contributed by atoms with E-state index in [2.05, 4.69) is 0 Å². The van der Waals surface area contributed by atoms with Gasteiger partial charge in [0.25, 0.3) is 11.5 Å². The molecule has 30 heavy (non-hydrogen) atoms. The first kappa shape index (κ1) is 22.4. The van der Waals surface area contributed by atoms with Crippen LogP contribution < -0.4 is 18.8 Å². The fourth-order valence-electron chi connectivity index (χ4n) is 2.58. The number of carbonyl (C=O) groups is 2. The average Bonchev–Trinajstić information content (AvgIpc) is 2.79. The lowest BCUT2D eigenvalue weighted by Gasteiger charge is -2.09. The summed E-state index contributed by atoms with van der Waals surface area (Å²) in [6.45, 7) is 1.78. The Morgan fingerprint density at radius 1 is 1.03 bits per heavy atom. The molecule has 1 N–H and O–H groups in total. The zero-order valence-electron chi connectivity index (χ0n) is 17.2. The van der Waals surface area contributed by atoms with Gasteiger partial charge in [0.05, 0.1) is 27.9 Å². The number of Topliss-reactive ketones (excluding diaryl/α,β-unsaturated/α-hetero) is 1. The summed E-state index contributed by atoms with van der Waals surface area (Å²) < 4.78 is 22.1. The molecule has 1 aromatic heterocycles. The highest BCUT2D eigenvalue weighted by Gasteiger charge is 2.25. The lowest BCUT2D eigenvalue weighted by molar-refractivity contribution is -0.576. The van der Waals surface area contributed by atoms with Crippen LogP contribution in [0.3, 0.4) is 0 Å². The first-order valence-electron chi connectivity index (χ1n) is 8.99. The van der Waals surface area contributed by atoms with Crippen molar-refractivity contribution in [3.63, 3.8) is 0 Å². The molecule has 8 heteroatoms. The second kappa shape index (κ2) is 10.6. The fourth-order valence-corrected chi connectivity index (χ4v) is 2.58. The largest absolute Gasteiger partial charge is 0.496 e. The zero-order valence-corrected chi connectivity index (χ0v) is 17.2. The van der Waals surface area contributed by atoms with E-state index in [4.69, 9.17) is 24.4 Å². The van der Waals surface area contributed by atoms with Crippen LogP contribution in [0.4, 0.5) is 0 Å². The third-order valence-corrected chi connectivity index (χ3v) is 4.10. The van der Waals surface area contributed by atoms with Crippen molar-refractivity contribution in [1.29, 1.82) is 5.41 Å². The minimum absolute atomic E-state index is 0.104. The first-order chi connectivity index (χ1) is 14.5. The fraction of sp³-hybridized carbons (Fsp3) is 0.227. The van der Waals surface area contributed by atoms with E-state index in [1.807, 2.05) is 5.87 Å². The van der Waals surface area contributed by atoms with Gasteiger partial charge >= 0.3 is 5.97 Å². The number of pyridine rings is 1. The lowest BCUT2D eigenvalue weighted by Crippen LogP contribution is -2.36. The molecule has 2 aromatic rings. The molecule has 0 bridgehead atoms. The maximum absolute atomic E-state index is 13.3. The van der Waals surface area contributed by atoms with Crippen LogP contribution in [-0.2, 0) is 9.53 Å². The molecule has 0 amide bonds. The molecule has 0 spiro atoms. The van der Waals surface area contributed by atoms with Gasteiger partial charge in [-0.05, 0) is 31.0 Å². The van der Waals surface area contributed by atoms with Gasteiger partial charge in [0.15, 0.2) is 23.9 Å². The minimum Gasteiger partial charge on any atom is -0.496 e. The molecular formula is C22H23N2O6+. The number of ether oxygens (including phenoxy) is 4. The van der Waals surface area contributed by atoms with Crippen LogP contribution in [0.5, 0.6) is 17.2 Å². The first-order valence-corrected chi connectivity index (χ1v) is 8.99. The van der Waals surface area contributed by atoms with Gasteiger partial charge in [-0.25, -0.2) is 4.79 Å². The number of rotatable bonds is 9. The summed E-state index contributed by atoms with van der Waals surface area (Å²) in [6, 6.07) is 8.06. The number of nitrogens with zero attached hydrogens (tertiary/aromatic N) is 1. The summed E-state index contributed by atoms with van der Waals surface area (Å²) in [4.78, 5) is 25.4. The van der Waals surface area contributed by atoms with Gasteiger partial charge < -0.3 is 18.9 Å². The highest BCUT2D eigenvalue weighted by atomic mass is 16.5. The minimum atomic E-state index is -0.751. The highest BCUT2D eigenvalue weighted by molar-refractivity contribution is 6.23. The number of esters is 1. The van der Waals surface area contributed by atoms with Crippen LogP contribution in [0, 0.1) is 5.41 Å². The van der Waals surface area contributed by atoms with Crippen molar-refractivity contribution in [3.05, 3.63) is 59.9 Å². The molecule has 0 aliphatic heterocycles. The van der Waals surface area contributed by atoms with E-state index in [1.54, 1.807) is 43.6 Å².